The van der Waals surface area contributed by atoms with E-state index in [1.807, 2.05) is 0 Å². The topological polar surface area (TPSA) is 0 Å². The molecule has 0 amide bonds. The van der Waals surface area contributed by atoms with E-state index in [2.05, 4.69) is 231 Å². The van der Waals surface area contributed by atoms with E-state index >= 15 is 0 Å². The van der Waals surface area contributed by atoms with Gasteiger partial charge in [-0.05, 0) is 110 Å². The molecule has 0 nitrogen and oxygen atoms in total. The van der Waals surface area contributed by atoms with E-state index < -0.39 is 0 Å². The first-order valence-electron chi connectivity index (χ1n) is 20.1. The van der Waals surface area contributed by atoms with E-state index in [0.29, 0.717) is 0 Å². The Labute approximate surface area is 339 Å². The third kappa shape index (κ3) is 5.69. The van der Waals surface area contributed by atoms with Crippen LogP contribution in [0.4, 0.5) is 0 Å². The minimum Gasteiger partial charge on any atom is -0.0622 e. The highest BCUT2D eigenvalue weighted by atomic mass is 14.2. The van der Waals surface area contributed by atoms with Crippen LogP contribution in [-0.4, -0.2) is 0 Å². The maximum Gasteiger partial charge on any atom is -0.00203 e. The molecule has 0 heterocycles. The van der Waals surface area contributed by atoms with Crippen LogP contribution in [0.25, 0.3) is 110 Å². The Kier molecular flexibility index (Phi) is 8.26. The first-order valence-corrected chi connectivity index (χ1v) is 20.1. The van der Waals surface area contributed by atoms with Gasteiger partial charge in [-0.1, -0.05) is 231 Å². The van der Waals surface area contributed by atoms with Gasteiger partial charge in [-0.2, -0.15) is 0 Å². The highest BCUT2D eigenvalue weighted by Crippen LogP contribution is 2.48. The van der Waals surface area contributed by atoms with E-state index in [-0.39, 0.29) is 0 Å². The predicted molar refractivity (Wildman–Crippen MR) is 249 cm³/mol. The molecule has 11 aromatic carbocycles. The van der Waals surface area contributed by atoms with Crippen molar-refractivity contribution in [1.82, 2.24) is 0 Å². The molecular weight excluding hydrogens is 697 g/mol. The van der Waals surface area contributed by atoms with E-state index in [9.17, 15) is 0 Å². The van der Waals surface area contributed by atoms with Crippen molar-refractivity contribution >= 4 is 43.1 Å². The molecule has 0 aliphatic rings. The lowest BCUT2D eigenvalue weighted by atomic mass is 9.83. The molecule has 0 aliphatic heterocycles. The van der Waals surface area contributed by atoms with Gasteiger partial charge in [-0.25, -0.2) is 0 Å². The van der Waals surface area contributed by atoms with Crippen LogP contribution in [0.5, 0.6) is 0 Å². The van der Waals surface area contributed by atoms with Gasteiger partial charge in [-0.3, -0.25) is 0 Å². The molecule has 0 bridgehead atoms. The number of hydrogen-bond acceptors (Lipinski definition) is 0. The Morgan fingerprint density at radius 3 is 0.534 bits per heavy atom. The zero-order valence-corrected chi connectivity index (χ0v) is 31.9. The van der Waals surface area contributed by atoms with Gasteiger partial charge in [0.2, 0.25) is 0 Å². The molecule has 0 unspecified atom stereocenters. The molecule has 58 heavy (non-hydrogen) atoms. The Balaban J connectivity index is 1.12. The number of rotatable bonds is 6. The van der Waals surface area contributed by atoms with Crippen molar-refractivity contribution in [1.29, 1.82) is 0 Å². The summed E-state index contributed by atoms with van der Waals surface area (Å²) in [6, 6.07) is 84.5. The highest BCUT2D eigenvalue weighted by molar-refractivity contribution is 6.23. The summed E-state index contributed by atoms with van der Waals surface area (Å²) in [6.45, 7) is 0. The standard InChI is InChI=1S/C58H38/c1-3-15-39(16-4-1)41-27-31-43(32-28-41)55-51-23-11-7-19-47(51)49-21-9-13-25-53(49)57(55)45-35-37-46(38-36-45)58-54-26-14-10-22-50(54)48-20-8-12-24-52(48)56(58)44-33-29-42(30-34-44)40-17-5-2-6-18-40/h1-38H. The van der Waals surface area contributed by atoms with Gasteiger partial charge in [0.05, 0.1) is 0 Å². The fourth-order valence-electron chi connectivity index (χ4n) is 9.21. The zero-order valence-electron chi connectivity index (χ0n) is 31.9. The molecule has 11 aromatic rings. The second-order valence-electron chi connectivity index (χ2n) is 15.1. The van der Waals surface area contributed by atoms with Gasteiger partial charge in [0.25, 0.3) is 0 Å². The first-order chi connectivity index (χ1) is 28.8. The quantitative estimate of drug-likeness (QED) is 0.149. The Morgan fingerprint density at radius 2 is 0.293 bits per heavy atom. The Morgan fingerprint density at radius 1 is 0.121 bits per heavy atom. The van der Waals surface area contributed by atoms with Crippen molar-refractivity contribution < 1.29 is 0 Å². The van der Waals surface area contributed by atoms with E-state index in [0.717, 1.165) is 0 Å². The average Bonchev–Trinajstić information content (AvgIpc) is 3.31. The normalized spacial score (nSPS) is 11.4. The van der Waals surface area contributed by atoms with Crippen molar-refractivity contribution in [2.24, 2.45) is 0 Å². The largest absolute Gasteiger partial charge is 0.0622 e. The van der Waals surface area contributed by atoms with Crippen molar-refractivity contribution in [3.8, 4) is 66.8 Å². The summed E-state index contributed by atoms with van der Waals surface area (Å²) >= 11 is 0. The van der Waals surface area contributed by atoms with Crippen LogP contribution in [-0.2, 0) is 0 Å². The summed E-state index contributed by atoms with van der Waals surface area (Å²) in [5, 5.41) is 10.1. The van der Waals surface area contributed by atoms with Crippen molar-refractivity contribution in [3.05, 3.63) is 231 Å². The maximum absolute atomic E-state index is 2.35. The van der Waals surface area contributed by atoms with E-state index in [1.165, 1.54) is 110 Å². The van der Waals surface area contributed by atoms with Gasteiger partial charge < -0.3 is 0 Å². The van der Waals surface area contributed by atoms with Crippen LogP contribution in [0.15, 0.2) is 231 Å². The molecule has 0 fully saturated rings. The van der Waals surface area contributed by atoms with Gasteiger partial charge >= 0.3 is 0 Å². The maximum atomic E-state index is 2.35. The molecule has 0 saturated carbocycles. The first kappa shape index (κ1) is 33.8. The van der Waals surface area contributed by atoms with Gasteiger partial charge in [0.1, 0.15) is 0 Å². The van der Waals surface area contributed by atoms with Crippen LogP contribution in [0.1, 0.15) is 0 Å². The van der Waals surface area contributed by atoms with Gasteiger partial charge in [0.15, 0.2) is 0 Å². The summed E-state index contributed by atoms with van der Waals surface area (Å²) in [6.07, 6.45) is 0. The smallest absolute Gasteiger partial charge is 0.00203 e. The van der Waals surface area contributed by atoms with Crippen molar-refractivity contribution in [2.75, 3.05) is 0 Å². The third-order valence-corrected chi connectivity index (χ3v) is 11.9. The van der Waals surface area contributed by atoms with Crippen LogP contribution in [0.3, 0.4) is 0 Å². The van der Waals surface area contributed by atoms with Crippen LogP contribution >= 0.6 is 0 Å². The minimum atomic E-state index is 1.20. The molecule has 0 N–H and O–H groups in total. The number of benzene rings is 11. The fraction of sp³-hybridized carbons (Fsp3) is 0. The molecule has 0 saturated heterocycles. The lowest BCUT2D eigenvalue weighted by molar-refractivity contribution is 1.59. The number of hydrogen-bond donors (Lipinski definition) is 0. The van der Waals surface area contributed by atoms with Crippen molar-refractivity contribution in [2.45, 2.75) is 0 Å². The SMILES string of the molecule is c1ccc(-c2ccc(-c3c(-c4ccc(-c5c(-c6ccc(-c7ccccc7)cc6)c6ccccc6c6ccccc56)cc4)c4ccccc4c4ccccc34)cc2)cc1. The second-order valence-corrected chi connectivity index (χ2v) is 15.1. The molecular formula is C58H38. The summed E-state index contributed by atoms with van der Waals surface area (Å²) in [5.74, 6) is 0. The second kappa shape index (κ2) is 14.2. The minimum absolute atomic E-state index is 1.20. The third-order valence-electron chi connectivity index (χ3n) is 11.9. The Bertz CT molecular complexity index is 3040. The van der Waals surface area contributed by atoms with Gasteiger partial charge in [0, 0.05) is 0 Å². The van der Waals surface area contributed by atoms with Crippen LogP contribution in [0, 0.1) is 0 Å². The summed E-state index contributed by atoms with van der Waals surface area (Å²) in [5.41, 5.74) is 14.7. The monoisotopic (exact) mass is 734 g/mol. The molecule has 0 heteroatoms. The van der Waals surface area contributed by atoms with Gasteiger partial charge in [-0.15, -0.1) is 0 Å². The molecule has 0 radical (unpaired) electrons. The predicted octanol–water partition coefficient (Wildman–Crippen LogP) is 16.3. The molecule has 0 atom stereocenters. The summed E-state index contributed by atoms with van der Waals surface area (Å²) in [7, 11) is 0. The molecule has 0 aromatic heterocycles. The molecule has 0 spiro atoms. The summed E-state index contributed by atoms with van der Waals surface area (Å²) < 4.78 is 0. The number of fused-ring (bicyclic) bond motifs is 6. The van der Waals surface area contributed by atoms with Crippen LogP contribution < -0.4 is 0 Å². The highest BCUT2D eigenvalue weighted by Gasteiger charge is 2.20. The van der Waals surface area contributed by atoms with E-state index in [4.69, 9.17) is 0 Å². The van der Waals surface area contributed by atoms with Crippen molar-refractivity contribution in [3.63, 3.8) is 0 Å². The summed E-state index contributed by atoms with van der Waals surface area (Å²) in [4.78, 5) is 0. The van der Waals surface area contributed by atoms with E-state index in [1.54, 1.807) is 0 Å². The van der Waals surface area contributed by atoms with Crippen LogP contribution in [0.2, 0.25) is 0 Å². The molecule has 11 rings (SSSR count). The zero-order chi connectivity index (χ0) is 38.4. The average molecular weight is 735 g/mol. The molecule has 270 valence electrons. The fourth-order valence-corrected chi connectivity index (χ4v) is 9.21. The molecule has 0 aliphatic carbocycles. The lowest BCUT2D eigenvalue weighted by Gasteiger charge is -2.20. The lowest BCUT2D eigenvalue weighted by Crippen LogP contribution is -1.93. The Hall–Kier alpha value is -7.54.